The second kappa shape index (κ2) is 5.11. The number of fused-ring (bicyclic) bond motifs is 1. The molecular formula is C15H20N4. The Balaban J connectivity index is 1.95. The van der Waals surface area contributed by atoms with Gasteiger partial charge in [0.1, 0.15) is 11.8 Å². The van der Waals surface area contributed by atoms with Crippen LogP contribution in [0.15, 0.2) is 18.6 Å². The average Bonchev–Trinajstić information content (AvgIpc) is 2.91. The number of rotatable bonds is 3. The van der Waals surface area contributed by atoms with Crippen LogP contribution < -0.4 is 5.32 Å². The van der Waals surface area contributed by atoms with E-state index in [2.05, 4.69) is 40.2 Å². The van der Waals surface area contributed by atoms with Crippen LogP contribution in [0.3, 0.4) is 0 Å². The summed E-state index contributed by atoms with van der Waals surface area (Å²) < 4.78 is 0. The number of hydrogen-bond donors (Lipinski definition) is 1. The van der Waals surface area contributed by atoms with Crippen LogP contribution in [-0.2, 0) is 0 Å². The van der Waals surface area contributed by atoms with E-state index < -0.39 is 0 Å². The molecule has 100 valence electrons. The van der Waals surface area contributed by atoms with E-state index >= 15 is 0 Å². The van der Waals surface area contributed by atoms with Crippen molar-refractivity contribution in [2.24, 2.45) is 0 Å². The summed E-state index contributed by atoms with van der Waals surface area (Å²) in [6.45, 7) is 4.34. The second-order valence-electron chi connectivity index (χ2n) is 5.64. The van der Waals surface area contributed by atoms with Crippen molar-refractivity contribution in [1.82, 2.24) is 15.0 Å². The Hall–Kier alpha value is -1.71. The van der Waals surface area contributed by atoms with E-state index in [1.54, 1.807) is 6.33 Å². The fourth-order valence-corrected chi connectivity index (χ4v) is 2.64. The van der Waals surface area contributed by atoms with Crippen molar-refractivity contribution in [1.29, 1.82) is 0 Å². The Labute approximate surface area is 113 Å². The van der Waals surface area contributed by atoms with Gasteiger partial charge in [-0.05, 0) is 30.4 Å². The Morgan fingerprint density at radius 1 is 1.16 bits per heavy atom. The molecule has 1 N–H and O–H groups in total. The topological polar surface area (TPSA) is 50.7 Å². The molecular weight excluding hydrogens is 236 g/mol. The molecule has 0 unspecified atom stereocenters. The first-order valence-electron chi connectivity index (χ1n) is 7.11. The third-order valence-electron chi connectivity index (χ3n) is 3.86. The molecule has 0 atom stereocenters. The summed E-state index contributed by atoms with van der Waals surface area (Å²) in [5, 5.41) is 3.52. The molecule has 0 spiro atoms. The average molecular weight is 256 g/mol. The first-order chi connectivity index (χ1) is 9.24. The fraction of sp³-hybridized carbons (Fsp3) is 0.533. The molecule has 0 amide bonds. The van der Waals surface area contributed by atoms with Gasteiger partial charge in [-0.15, -0.1) is 0 Å². The zero-order valence-electron chi connectivity index (χ0n) is 11.6. The smallest absolute Gasteiger partial charge is 0.156 e. The van der Waals surface area contributed by atoms with Crippen molar-refractivity contribution in [2.75, 3.05) is 5.32 Å². The predicted molar refractivity (Wildman–Crippen MR) is 77.3 cm³/mol. The van der Waals surface area contributed by atoms with Crippen LogP contribution in [0.1, 0.15) is 51.0 Å². The first-order valence-corrected chi connectivity index (χ1v) is 7.11. The van der Waals surface area contributed by atoms with Gasteiger partial charge >= 0.3 is 0 Å². The van der Waals surface area contributed by atoms with E-state index in [9.17, 15) is 0 Å². The highest BCUT2D eigenvalue weighted by atomic mass is 15.1. The number of aromatic nitrogens is 3. The Morgan fingerprint density at radius 2 is 1.95 bits per heavy atom. The minimum absolute atomic E-state index is 0.470. The van der Waals surface area contributed by atoms with Crippen molar-refractivity contribution in [3.8, 4) is 0 Å². The van der Waals surface area contributed by atoms with Gasteiger partial charge in [-0.2, -0.15) is 0 Å². The Bertz CT molecular complexity index is 573. The van der Waals surface area contributed by atoms with Gasteiger partial charge in [-0.1, -0.05) is 26.7 Å². The molecule has 3 rings (SSSR count). The molecule has 19 heavy (non-hydrogen) atoms. The molecule has 0 aliphatic heterocycles. The molecule has 2 heterocycles. The highest BCUT2D eigenvalue weighted by Gasteiger charge is 2.17. The van der Waals surface area contributed by atoms with E-state index in [0.29, 0.717) is 12.0 Å². The summed E-state index contributed by atoms with van der Waals surface area (Å²) in [5.41, 5.74) is 3.04. The van der Waals surface area contributed by atoms with Crippen molar-refractivity contribution >= 4 is 16.9 Å². The summed E-state index contributed by atoms with van der Waals surface area (Å²) in [6, 6.07) is 2.67. The molecule has 2 aromatic rings. The quantitative estimate of drug-likeness (QED) is 0.913. The molecule has 1 aliphatic rings. The lowest BCUT2D eigenvalue weighted by atomic mass is 10.1. The van der Waals surface area contributed by atoms with Crippen LogP contribution >= 0.6 is 0 Å². The van der Waals surface area contributed by atoms with E-state index in [-0.39, 0.29) is 0 Å². The first kappa shape index (κ1) is 12.3. The Kier molecular flexibility index (Phi) is 3.32. The minimum atomic E-state index is 0.470. The van der Waals surface area contributed by atoms with Gasteiger partial charge in [0.2, 0.25) is 0 Å². The maximum atomic E-state index is 4.56. The van der Waals surface area contributed by atoms with Crippen LogP contribution in [0.4, 0.5) is 5.82 Å². The lowest BCUT2D eigenvalue weighted by molar-refractivity contribution is 0.751. The maximum Gasteiger partial charge on any atom is 0.156 e. The summed E-state index contributed by atoms with van der Waals surface area (Å²) in [5.74, 6) is 1.35. The number of nitrogens with zero attached hydrogens (tertiary/aromatic N) is 3. The van der Waals surface area contributed by atoms with Crippen LogP contribution in [0.2, 0.25) is 0 Å². The van der Waals surface area contributed by atoms with Crippen LogP contribution in [0.25, 0.3) is 11.0 Å². The van der Waals surface area contributed by atoms with Crippen LogP contribution in [0.5, 0.6) is 0 Å². The summed E-state index contributed by atoms with van der Waals surface area (Å²) in [7, 11) is 0. The van der Waals surface area contributed by atoms with E-state index in [0.717, 1.165) is 16.9 Å². The fourth-order valence-electron chi connectivity index (χ4n) is 2.64. The third kappa shape index (κ3) is 2.53. The lowest BCUT2D eigenvalue weighted by Crippen LogP contribution is -2.16. The van der Waals surface area contributed by atoms with E-state index in [1.165, 1.54) is 31.2 Å². The predicted octanol–water partition coefficient (Wildman–Crippen LogP) is 3.50. The molecule has 0 radical (unpaired) electrons. The number of nitrogens with one attached hydrogen (secondary N) is 1. The standard InChI is InChI=1S/C15H20N4/c1-10(2)11-7-13-14(16-8-11)15(18-9-17-13)19-12-5-3-4-6-12/h7-10,12H,3-6H2,1-2H3,(H,17,18,19). The van der Waals surface area contributed by atoms with Gasteiger partial charge in [-0.25, -0.2) is 9.97 Å². The Morgan fingerprint density at radius 3 is 2.68 bits per heavy atom. The highest BCUT2D eigenvalue weighted by molar-refractivity contribution is 5.85. The SMILES string of the molecule is CC(C)c1cnc2c(NC3CCCC3)ncnc2c1. The van der Waals surface area contributed by atoms with Crippen molar-refractivity contribution in [2.45, 2.75) is 51.5 Å². The zero-order chi connectivity index (χ0) is 13.2. The van der Waals surface area contributed by atoms with Crippen molar-refractivity contribution in [3.05, 3.63) is 24.2 Å². The molecule has 4 heteroatoms. The molecule has 0 aromatic carbocycles. The van der Waals surface area contributed by atoms with Gasteiger partial charge in [0.15, 0.2) is 5.82 Å². The second-order valence-corrected chi connectivity index (χ2v) is 5.64. The summed E-state index contributed by atoms with van der Waals surface area (Å²) in [6.07, 6.45) is 8.66. The maximum absolute atomic E-state index is 4.56. The molecule has 1 fully saturated rings. The highest BCUT2D eigenvalue weighted by Crippen LogP contribution is 2.25. The molecule has 2 aromatic heterocycles. The largest absolute Gasteiger partial charge is 0.365 e. The monoisotopic (exact) mass is 256 g/mol. The van der Waals surface area contributed by atoms with E-state index in [1.807, 2.05) is 6.20 Å². The van der Waals surface area contributed by atoms with Gasteiger partial charge < -0.3 is 5.32 Å². The summed E-state index contributed by atoms with van der Waals surface area (Å²) >= 11 is 0. The van der Waals surface area contributed by atoms with Crippen LogP contribution in [0, 0.1) is 0 Å². The number of anilines is 1. The molecule has 0 saturated heterocycles. The van der Waals surface area contributed by atoms with Crippen molar-refractivity contribution in [3.63, 3.8) is 0 Å². The molecule has 1 aliphatic carbocycles. The molecule has 4 nitrogen and oxygen atoms in total. The lowest BCUT2D eigenvalue weighted by Gasteiger charge is -2.14. The minimum Gasteiger partial charge on any atom is -0.365 e. The number of pyridine rings is 1. The third-order valence-corrected chi connectivity index (χ3v) is 3.86. The van der Waals surface area contributed by atoms with E-state index in [4.69, 9.17) is 0 Å². The zero-order valence-corrected chi connectivity index (χ0v) is 11.6. The van der Waals surface area contributed by atoms with Gasteiger partial charge in [0.05, 0.1) is 5.52 Å². The molecule has 1 saturated carbocycles. The number of hydrogen-bond acceptors (Lipinski definition) is 4. The van der Waals surface area contributed by atoms with Gasteiger partial charge in [0.25, 0.3) is 0 Å². The van der Waals surface area contributed by atoms with Gasteiger partial charge in [-0.3, -0.25) is 4.98 Å². The van der Waals surface area contributed by atoms with Gasteiger partial charge in [0, 0.05) is 12.2 Å². The summed E-state index contributed by atoms with van der Waals surface area (Å²) in [4.78, 5) is 13.3. The van der Waals surface area contributed by atoms with Crippen molar-refractivity contribution < 1.29 is 0 Å². The normalized spacial score (nSPS) is 16.4. The molecule has 0 bridgehead atoms. The van der Waals surface area contributed by atoms with Crippen LogP contribution in [-0.4, -0.2) is 21.0 Å².